The van der Waals surface area contributed by atoms with Crippen LogP contribution in [0.5, 0.6) is 0 Å². The number of hydrogen-bond donors (Lipinski definition) is 1. The molecular formula is C14H22N2O3. The second kappa shape index (κ2) is 6.73. The van der Waals surface area contributed by atoms with Crippen LogP contribution in [0.1, 0.15) is 35.9 Å². The second-order valence-corrected chi connectivity index (χ2v) is 4.87. The van der Waals surface area contributed by atoms with Crippen molar-refractivity contribution in [3.63, 3.8) is 0 Å². The number of nitrogens with zero attached hydrogens (tertiary/aromatic N) is 1. The molecule has 2 heterocycles. The number of hydrogen-bond acceptors (Lipinski definition) is 5. The van der Waals surface area contributed by atoms with Crippen LogP contribution in [0.4, 0.5) is 0 Å². The first-order valence-electron chi connectivity index (χ1n) is 6.86. The van der Waals surface area contributed by atoms with Gasteiger partial charge in [-0.3, -0.25) is 4.90 Å². The lowest BCUT2D eigenvalue weighted by molar-refractivity contribution is 0.0521. The minimum Gasteiger partial charge on any atom is -0.467 e. The van der Waals surface area contributed by atoms with Gasteiger partial charge in [0, 0.05) is 6.04 Å². The lowest BCUT2D eigenvalue weighted by Gasteiger charge is -2.31. The van der Waals surface area contributed by atoms with Crippen LogP contribution >= 0.6 is 0 Å². The Labute approximate surface area is 113 Å². The molecule has 1 aromatic rings. The number of nitrogens with one attached hydrogen (secondary N) is 1. The quantitative estimate of drug-likeness (QED) is 0.821. The van der Waals surface area contributed by atoms with Crippen molar-refractivity contribution < 1.29 is 13.9 Å². The van der Waals surface area contributed by atoms with Gasteiger partial charge in [0.2, 0.25) is 0 Å². The van der Waals surface area contributed by atoms with Crippen molar-refractivity contribution in [1.82, 2.24) is 10.2 Å². The Bertz CT molecular complexity index is 411. The summed E-state index contributed by atoms with van der Waals surface area (Å²) in [6.07, 6.45) is 3.82. The van der Waals surface area contributed by atoms with E-state index in [2.05, 4.69) is 17.3 Å². The van der Waals surface area contributed by atoms with Crippen molar-refractivity contribution in [1.29, 1.82) is 0 Å². The summed E-state index contributed by atoms with van der Waals surface area (Å²) >= 11 is 0. The lowest BCUT2D eigenvalue weighted by atomic mass is 10.1. The van der Waals surface area contributed by atoms with E-state index in [4.69, 9.17) is 9.15 Å². The van der Waals surface area contributed by atoms with Gasteiger partial charge in [0.05, 0.1) is 19.4 Å². The summed E-state index contributed by atoms with van der Waals surface area (Å²) in [7, 11) is 2.08. The molecule has 1 aromatic heterocycles. The number of carbonyl (C=O) groups excluding carboxylic acids is 1. The maximum absolute atomic E-state index is 11.8. The van der Waals surface area contributed by atoms with E-state index in [1.807, 2.05) is 0 Å². The molecular weight excluding hydrogens is 244 g/mol. The number of furan rings is 1. The van der Waals surface area contributed by atoms with Gasteiger partial charge in [-0.1, -0.05) is 0 Å². The molecule has 0 unspecified atom stereocenters. The average Bonchev–Trinajstić information content (AvgIpc) is 2.88. The molecule has 0 spiro atoms. The number of esters is 1. The van der Waals surface area contributed by atoms with Crippen LogP contribution < -0.4 is 5.32 Å². The minimum atomic E-state index is -0.301. The van der Waals surface area contributed by atoms with E-state index in [0.29, 0.717) is 30.5 Å². The fraction of sp³-hybridized carbons (Fsp3) is 0.643. The molecule has 106 valence electrons. The highest BCUT2D eigenvalue weighted by molar-refractivity contribution is 5.90. The van der Waals surface area contributed by atoms with Crippen molar-refractivity contribution in [3.8, 4) is 0 Å². The smallest absolute Gasteiger partial charge is 0.341 e. The Kier molecular flexibility index (Phi) is 4.99. The molecule has 1 aliphatic heterocycles. The monoisotopic (exact) mass is 266 g/mol. The zero-order valence-corrected chi connectivity index (χ0v) is 11.6. The molecule has 2 rings (SSSR count). The van der Waals surface area contributed by atoms with E-state index in [1.54, 1.807) is 19.3 Å². The van der Waals surface area contributed by atoms with Crippen LogP contribution in [0.25, 0.3) is 0 Å². The predicted octanol–water partition coefficient (Wildman–Crippen LogP) is 1.64. The van der Waals surface area contributed by atoms with Crippen molar-refractivity contribution in [2.75, 3.05) is 26.7 Å². The van der Waals surface area contributed by atoms with Gasteiger partial charge < -0.3 is 14.5 Å². The Morgan fingerprint density at radius 1 is 1.53 bits per heavy atom. The molecule has 0 amide bonds. The fourth-order valence-electron chi connectivity index (χ4n) is 2.46. The average molecular weight is 266 g/mol. The third-order valence-electron chi connectivity index (χ3n) is 3.57. The van der Waals surface area contributed by atoms with E-state index in [9.17, 15) is 4.79 Å². The van der Waals surface area contributed by atoms with Gasteiger partial charge in [-0.15, -0.1) is 0 Å². The van der Waals surface area contributed by atoms with Crippen LogP contribution in [0.15, 0.2) is 16.7 Å². The van der Waals surface area contributed by atoms with Crippen LogP contribution in [-0.2, 0) is 11.3 Å². The van der Waals surface area contributed by atoms with Gasteiger partial charge in [-0.2, -0.15) is 0 Å². The molecule has 0 saturated carbocycles. The standard InChI is InChI=1S/C14H22N2O3/c1-3-18-14(17)12-6-9-19-13(12)10-16(2)11-4-7-15-8-5-11/h6,9,11,15H,3-5,7-8,10H2,1-2H3. The summed E-state index contributed by atoms with van der Waals surface area (Å²) in [6.45, 7) is 4.94. The van der Waals surface area contributed by atoms with Gasteiger partial charge >= 0.3 is 5.97 Å². The summed E-state index contributed by atoms with van der Waals surface area (Å²) in [6, 6.07) is 2.23. The highest BCUT2D eigenvalue weighted by atomic mass is 16.5. The van der Waals surface area contributed by atoms with Crippen LogP contribution in [0.2, 0.25) is 0 Å². The van der Waals surface area contributed by atoms with Gasteiger partial charge in [-0.25, -0.2) is 4.79 Å². The molecule has 0 bridgehead atoms. The molecule has 0 radical (unpaired) electrons. The third-order valence-corrected chi connectivity index (χ3v) is 3.57. The van der Waals surface area contributed by atoms with Crippen LogP contribution in [0, 0.1) is 0 Å². The molecule has 0 aromatic carbocycles. The predicted molar refractivity (Wildman–Crippen MR) is 72.0 cm³/mol. The summed E-state index contributed by atoms with van der Waals surface area (Å²) < 4.78 is 10.5. The van der Waals surface area contributed by atoms with Gasteiger partial charge in [0.1, 0.15) is 11.3 Å². The molecule has 1 fully saturated rings. The fourth-order valence-corrected chi connectivity index (χ4v) is 2.46. The highest BCUT2D eigenvalue weighted by Crippen LogP contribution is 2.18. The van der Waals surface area contributed by atoms with E-state index in [-0.39, 0.29) is 5.97 Å². The van der Waals surface area contributed by atoms with Crippen LogP contribution in [0.3, 0.4) is 0 Å². The number of carbonyl (C=O) groups is 1. The Morgan fingerprint density at radius 2 is 2.26 bits per heavy atom. The van der Waals surface area contributed by atoms with Gasteiger partial charge in [0.15, 0.2) is 0 Å². The van der Waals surface area contributed by atoms with Crippen molar-refractivity contribution in [3.05, 3.63) is 23.7 Å². The largest absolute Gasteiger partial charge is 0.467 e. The molecule has 0 aliphatic carbocycles. The summed E-state index contributed by atoms with van der Waals surface area (Å²) in [5.41, 5.74) is 0.544. The highest BCUT2D eigenvalue weighted by Gasteiger charge is 2.22. The van der Waals surface area contributed by atoms with E-state index in [0.717, 1.165) is 25.9 Å². The topological polar surface area (TPSA) is 54.7 Å². The lowest BCUT2D eigenvalue weighted by Crippen LogP contribution is -2.40. The van der Waals surface area contributed by atoms with E-state index < -0.39 is 0 Å². The number of ether oxygens (including phenoxy) is 1. The van der Waals surface area contributed by atoms with Gasteiger partial charge in [-0.05, 0) is 46.0 Å². The molecule has 1 saturated heterocycles. The van der Waals surface area contributed by atoms with E-state index >= 15 is 0 Å². The Hall–Kier alpha value is -1.33. The first-order valence-corrected chi connectivity index (χ1v) is 6.86. The minimum absolute atomic E-state index is 0.301. The maximum Gasteiger partial charge on any atom is 0.341 e. The molecule has 0 atom stereocenters. The zero-order chi connectivity index (χ0) is 13.7. The normalized spacial score (nSPS) is 16.8. The van der Waals surface area contributed by atoms with Gasteiger partial charge in [0.25, 0.3) is 0 Å². The van der Waals surface area contributed by atoms with Crippen molar-refractivity contribution in [2.24, 2.45) is 0 Å². The molecule has 5 nitrogen and oxygen atoms in total. The molecule has 5 heteroatoms. The first kappa shape index (κ1) is 14.1. The molecule has 1 aliphatic rings. The zero-order valence-electron chi connectivity index (χ0n) is 11.6. The molecule has 19 heavy (non-hydrogen) atoms. The number of rotatable bonds is 5. The SMILES string of the molecule is CCOC(=O)c1ccoc1CN(C)C1CCNCC1. The molecule has 1 N–H and O–H groups in total. The Balaban J connectivity index is 1.98. The maximum atomic E-state index is 11.8. The number of piperidine rings is 1. The summed E-state index contributed by atoms with van der Waals surface area (Å²) in [5, 5.41) is 3.35. The third kappa shape index (κ3) is 3.58. The Morgan fingerprint density at radius 3 is 2.95 bits per heavy atom. The summed E-state index contributed by atoms with van der Waals surface area (Å²) in [5.74, 6) is 0.393. The van der Waals surface area contributed by atoms with Crippen molar-refractivity contribution >= 4 is 5.97 Å². The van der Waals surface area contributed by atoms with E-state index in [1.165, 1.54) is 0 Å². The van der Waals surface area contributed by atoms with Crippen LogP contribution in [-0.4, -0.2) is 43.7 Å². The second-order valence-electron chi connectivity index (χ2n) is 4.87. The summed E-state index contributed by atoms with van der Waals surface area (Å²) in [4.78, 5) is 14.0. The first-order chi connectivity index (χ1) is 9.22. The van der Waals surface area contributed by atoms with Crippen molar-refractivity contribution in [2.45, 2.75) is 32.4 Å².